The van der Waals surface area contributed by atoms with Gasteiger partial charge in [0.1, 0.15) is 6.10 Å². The Labute approximate surface area is 199 Å². The molecule has 0 fully saturated rings. The fourth-order valence-corrected chi connectivity index (χ4v) is 5.50. The first kappa shape index (κ1) is 27.6. The SMILES string of the molecule is CCCC(C)(CCC)C(=O)OC(C)(C(=O)O)C(O)CC(O)CCC1CC=CC2=CCCCC21. The molecule has 0 saturated carbocycles. The summed E-state index contributed by atoms with van der Waals surface area (Å²) in [6.07, 6.45) is 12.7. The number of carboxylic acid groups (broad SMARTS) is 1. The summed E-state index contributed by atoms with van der Waals surface area (Å²) >= 11 is 0. The Bertz CT molecular complexity index is 720. The number of hydrogen-bond donors (Lipinski definition) is 3. The Hall–Kier alpha value is -1.66. The number of rotatable bonds is 13. The van der Waals surface area contributed by atoms with Crippen LogP contribution in [0.15, 0.2) is 23.8 Å². The van der Waals surface area contributed by atoms with Crippen molar-refractivity contribution in [3.63, 3.8) is 0 Å². The summed E-state index contributed by atoms with van der Waals surface area (Å²) in [6.45, 7) is 6.96. The van der Waals surface area contributed by atoms with Gasteiger partial charge in [-0.25, -0.2) is 4.79 Å². The molecule has 3 N–H and O–H groups in total. The van der Waals surface area contributed by atoms with Crippen LogP contribution in [0.2, 0.25) is 0 Å². The summed E-state index contributed by atoms with van der Waals surface area (Å²) in [5.74, 6) is -1.02. The van der Waals surface area contributed by atoms with E-state index >= 15 is 0 Å². The van der Waals surface area contributed by atoms with Crippen LogP contribution < -0.4 is 0 Å². The number of fused-ring (bicyclic) bond motifs is 1. The molecule has 0 aromatic heterocycles. The lowest BCUT2D eigenvalue weighted by molar-refractivity contribution is -0.199. The Morgan fingerprint density at radius 2 is 1.85 bits per heavy atom. The Morgan fingerprint density at radius 1 is 1.18 bits per heavy atom. The second-order valence-corrected chi connectivity index (χ2v) is 10.5. The van der Waals surface area contributed by atoms with Crippen LogP contribution in [0.3, 0.4) is 0 Å². The predicted octanol–water partition coefficient (Wildman–Crippen LogP) is 5.17. The number of allylic oxidation sites excluding steroid dienone is 4. The maximum Gasteiger partial charge on any atom is 0.350 e. The topological polar surface area (TPSA) is 104 Å². The van der Waals surface area contributed by atoms with Crippen LogP contribution in [0.5, 0.6) is 0 Å². The molecule has 2 rings (SSSR count). The minimum Gasteiger partial charge on any atom is -0.478 e. The van der Waals surface area contributed by atoms with Crippen molar-refractivity contribution in [1.82, 2.24) is 0 Å². The molecule has 0 amide bonds. The summed E-state index contributed by atoms with van der Waals surface area (Å²) in [5, 5.41) is 31.2. The smallest absolute Gasteiger partial charge is 0.350 e. The molecule has 5 atom stereocenters. The summed E-state index contributed by atoms with van der Waals surface area (Å²) in [4.78, 5) is 25.0. The van der Waals surface area contributed by atoms with Gasteiger partial charge in [-0.1, -0.05) is 44.9 Å². The van der Waals surface area contributed by atoms with E-state index < -0.39 is 35.2 Å². The first-order chi connectivity index (χ1) is 15.6. The van der Waals surface area contributed by atoms with Crippen LogP contribution >= 0.6 is 0 Å². The molecule has 0 heterocycles. The number of ether oxygens (including phenoxy) is 1. The summed E-state index contributed by atoms with van der Waals surface area (Å²) in [6, 6.07) is 0. The minimum atomic E-state index is -2.10. The Kier molecular flexibility index (Phi) is 10.2. The highest BCUT2D eigenvalue weighted by Crippen LogP contribution is 2.40. The minimum absolute atomic E-state index is 0.149. The number of aliphatic carboxylic acids is 1. The van der Waals surface area contributed by atoms with Crippen molar-refractivity contribution in [3.05, 3.63) is 23.8 Å². The number of aliphatic hydroxyl groups excluding tert-OH is 2. The quantitative estimate of drug-likeness (QED) is 0.325. The van der Waals surface area contributed by atoms with Crippen molar-refractivity contribution in [2.24, 2.45) is 17.3 Å². The standard InChI is InChI=1S/C27H44O6/c1-5-16-26(3,17-6-2)25(32)33-27(4,24(30)31)23(29)18-21(28)15-14-20-12-9-11-19-10-7-8-13-22(19)20/h9-11,20-23,28-29H,5-8,12-18H2,1-4H3,(H,30,31). The van der Waals surface area contributed by atoms with Gasteiger partial charge < -0.3 is 20.1 Å². The zero-order chi connectivity index (χ0) is 24.6. The molecule has 0 aliphatic heterocycles. The van der Waals surface area contributed by atoms with E-state index in [1.165, 1.54) is 25.3 Å². The Balaban J connectivity index is 1.99. The largest absolute Gasteiger partial charge is 0.478 e. The number of carbonyl (C=O) groups is 2. The zero-order valence-electron chi connectivity index (χ0n) is 20.9. The Morgan fingerprint density at radius 3 is 2.45 bits per heavy atom. The molecule has 0 spiro atoms. The summed E-state index contributed by atoms with van der Waals surface area (Å²) in [7, 11) is 0. The molecule has 5 unspecified atom stereocenters. The molecule has 188 valence electrons. The lowest BCUT2D eigenvalue weighted by Gasteiger charge is -2.36. The number of carboxylic acids is 1. The van der Waals surface area contributed by atoms with E-state index in [2.05, 4.69) is 18.2 Å². The zero-order valence-corrected chi connectivity index (χ0v) is 20.9. The first-order valence-corrected chi connectivity index (χ1v) is 12.8. The van der Waals surface area contributed by atoms with Crippen LogP contribution in [0.1, 0.15) is 98.3 Å². The van der Waals surface area contributed by atoms with Crippen molar-refractivity contribution < 1.29 is 29.6 Å². The van der Waals surface area contributed by atoms with E-state index in [-0.39, 0.29) is 6.42 Å². The molecule has 2 aliphatic carbocycles. The summed E-state index contributed by atoms with van der Waals surface area (Å²) < 4.78 is 5.48. The molecule has 6 heteroatoms. The van der Waals surface area contributed by atoms with Gasteiger partial charge in [-0.3, -0.25) is 4.79 Å². The van der Waals surface area contributed by atoms with Crippen LogP contribution in [0.25, 0.3) is 0 Å². The third-order valence-corrected chi connectivity index (χ3v) is 7.67. The van der Waals surface area contributed by atoms with Gasteiger partial charge in [0.05, 0.1) is 11.5 Å². The maximum absolute atomic E-state index is 13.0. The maximum atomic E-state index is 13.0. The van der Waals surface area contributed by atoms with Crippen molar-refractivity contribution in [2.45, 2.75) is 116 Å². The second kappa shape index (κ2) is 12.2. The van der Waals surface area contributed by atoms with Crippen LogP contribution in [-0.2, 0) is 14.3 Å². The second-order valence-electron chi connectivity index (χ2n) is 10.5. The molecule has 0 aromatic rings. The molecular weight excluding hydrogens is 420 g/mol. The third kappa shape index (κ3) is 6.92. The molecule has 6 nitrogen and oxygen atoms in total. The van der Waals surface area contributed by atoms with Crippen LogP contribution in [0.4, 0.5) is 0 Å². The van der Waals surface area contributed by atoms with E-state index in [0.717, 1.165) is 32.1 Å². The lowest BCUT2D eigenvalue weighted by Crippen LogP contribution is -2.53. The fourth-order valence-electron chi connectivity index (χ4n) is 5.50. The van der Waals surface area contributed by atoms with Gasteiger partial charge in [-0.05, 0) is 82.6 Å². The molecule has 2 aliphatic rings. The normalized spacial score (nSPS) is 24.2. The number of esters is 1. The molecular formula is C27H44O6. The van der Waals surface area contributed by atoms with Gasteiger partial charge >= 0.3 is 11.9 Å². The van der Waals surface area contributed by atoms with E-state index in [9.17, 15) is 24.9 Å². The number of hydrogen-bond acceptors (Lipinski definition) is 5. The molecule has 0 saturated heterocycles. The van der Waals surface area contributed by atoms with Crippen LogP contribution in [-0.4, -0.2) is 45.1 Å². The average Bonchev–Trinajstić information content (AvgIpc) is 2.77. The van der Waals surface area contributed by atoms with E-state index in [1.807, 2.05) is 13.8 Å². The van der Waals surface area contributed by atoms with E-state index in [0.29, 0.717) is 31.1 Å². The van der Waals surface area contributed by atoms with Gasteiger partial charge in [0.25, 0.3) is 0 Å². The van der Waals surface area contributed by atoms with Crippen molar-refractivity contribution in [2.75, 3.05) is 0 Å². The fraction of sp³-hybridized carbons (Fsp3) is 0.778. The molecule has 33 heavy (non-hydrogen) atoms. The van der Waals surface area contributed by atoms with E-state index in [4.69, 9.17) is 4.74 Å². The van der Waals surface area contributed by atoms with Gasteiger partial charge in [0.2, 0.25) is 5.60 Å². The van der Waals surface area contributed by atoms with Crippen LogP contribution in [0, 0.1) is 17.3 Å². The van der Waals surface area contributed by atoms with Gasteiger partial charge in [-0.2, -0.15) is 0 Å². The first-order valence-electron chi connectivity index (χ1n) is 12.8. The lowest BCUT2D eigenvalue weighted by atomic mass is 9.72. The average molecular weight is 465 g/mol. The van der Waals surface area contributed by atoms with Gasteiger partial charge in [-0.15, -0.1) is 0 Å². The van der Waals surface area contributed by atoms with Crippen molar-refractivity contribution >= 4 is 11.9 Å². The molecule has 0 radical (unpaired) electrons. The summed E-state index contributed by atoms with van der Waals surface area (Å²) in [5.41, 5.74) is -1.49. The highest BCUT2D eigenvalue weighted by molar-refractivity contribution is 5.84. The predicted molar refractivity (Wildman–Crippen MR) is 129 cm³/mol. The van der Waals surface area contributed by atoms with Gasteiger partial charge in [0, 0.05) is 6.42 Å². The number of aliphatic hydroxyl groups is 2. The monoisotopic (exact) mass is 464 g/mol. The molecule has 0 bridgehead atoms. The highest BCUT2D eigenvalue weighted by Gasteiger charge is 2.48. The van der Waals surface area contributed by atoms with E-state index in [1.54, 1.807) is 6.92 Å². The third-order valence-electron chi connectivity index (χ3n) is 7.67. The van der Waals surface area contributed by atoms with Crippen molar-refractivity contribution in [3.8, 4) is 0 Å². The van der Waals surface area contributed by atoms with Gasteiger partial charge in [0.15, 0.2) is 0 Å². The number of carbonyl (C=O) groups excluding carboxylic acids is 1. The molecule has 0 aromatic carbocycles. The van der Waals surface area contributed by atoms with Crippen molar-refractivity contribution in [1.29, 1.82) is 0 Å². The highest BCUT2D eigenvalue weighted by atomic mass is 16.6.